The normalized spacial score (nSPS) is 13.1. The second kappa shape index (κ2) is 10.0. The Bertz CT molecular complexity index is 1320. The molecule has 0 bridgehead atoms. The van der Waals surface area contributed by atoms with Crippen molar-refractivity contribution in [3.8, 4) is 0 Å². The van der Waals surface area contributed by atoms with E-state index in [1.165, 1.54) is 0 Å². The molecule has 0 aliphatic carbocycles. The molecule has 196 valence electrons. The van der Waals surface area contributed by atoms with Gasteiger partial charge in [0, 0.05) is 0 Å². The average Bonchev–Trinajstić information content (AvgIpc) is 2.79. The Balaban J connectivity index is 2.35. The van der Waals surface area contributed by atoms with E-state index in [0.717, 1.165) is 11.1 Å². The van der Waals surface area contributed by atoms with Crippen LogP contribution >= 0.6 is 20.2 Å². The van der Waals surface area contributed by atoms with Crippen molar-refractivity contribution in [1.82, 2.24) is 0 Å². The van der Waals surface area contributed by atoms with Gasteiger partial charge >= 0.3 is 216 Å². The third-order valence-corrected chi connectivity index (χ3v) is 12.9. The fourth-order valence-corrected chi connectivity index (χ4v) is 12.4. The molecule has 0 atom stereocenters. The van der Waals surface area contributed by atoms with E-state index in [9.17, 15) is 30.4 Å². The Morgan fingerprint density at radius 2 is 0.944 bits per heavy atom. The maximum absolute atomic E-state index is 14.5. The molecule has 0 aliphatic rings. The van der Waals surface area contributed by atoms with Gasteiger partial charge in [-0.3, -0.25) is 0 Å². The molecule has 3 aromatic carbocycles. The molecule has 0 radical (unpaired) electrons. The van der Waals surface area contributed by atoms with Gasteiger partial charge in [0.25, 0.3) is 0 Å². The zero-order valence-corrected chi connectivity index (χ0v) is 23.5. The minimum atomic E-state index is -5.43. The standard InChI is InChI=1S/C26H26F5IO3S/c1-25(2,3)15-11-7-9-13-17(15)32(18-14-10-8-12-16(18)26(4,5)6)35-36(33,34)24-22(30)20(28)19(27)21(29)23(24)31/h7-14H,1-6H3. The van der Waals surface area contributed by atoms with Gasteiger partial charge in [0.05, 0.1) is 0 Å². The van der Waals surface area contributed by atoms with Crippen molar-refractivity contribution in [1.29, 1.82) is 0 Å². The molecular weight excluding hydrogens is 614 g/mol. The molecule has 0 aliphatic heterocycles. The molecule has 0 N–H and O–H groups in total. The van der Waals surface area contributed by atoms with Crippen molar-refractivity contribution in [3.05, 3.63) is 95.9 Å². The minimum absolute atomic E-state index is 0.472. The number of rotatable bonds is 5. The Morgan fingerprint density at radius 3 is 1.31 bits per heavy atom. The third-order valence-electron chi connectivity index (χ3n) is 5.30. The van der Waals surface area contributed by atoms with Crippen LogP contribution in [0.3, 0.4) is 0 Å². The van der Waals surface area contributed by atoms with Gasteiger partial charge in [-0.15, -0.1) is 0 Å². The number of halogens is 6. The van der Waals surface area contributed by atoms with Gasteiger partial charge in [0.2, 0.25) is 0 Å². The molecule has 0 saturated heterocycles. The van der Waals surface area contributed by atoms with Gasteiger partial charge in [-0.05, 0) is 0 Å². The molecular formula is C26H26F5IO3S. The summed E-state index contributed by atoms with van der Waals surface area (Å²) in [4.78, 5) is -2.00. The molecule has 10 heteroatoms. The topological polar surface area (TPSA) is 43.4 Å². The molecule has 0 amide bonds. The molecule has 0 aromatic heterocycles. The first-order valence-corrected chi connectivity index (χ1v) is 15.3. The van der Waals surface area contributed by atoms with Crippen molar-refractivity contribution < 1.29 is 32.9 Å². The van der Waals surface area contributed by atoms with E-state index in [1.54, 1.807) is 48.5 Å². The zero-order valence-electron chi connectivity index (χ0n) is 20.5. The quantitative estimate of drug-likeness (QED) is 0.124. The van der Waals surface area contributed by atoms with E-state index in [1.807, 2.05) is 41.5 Å². The second-order valence-electron chi connectivity index (χ2n) is 10.1. The molecule has 36 heavy (non-hydrogen) atoms. The van der Waals surface area contributed by atoms with Crippen LogP contribution in [0.25, 0.3) is 0 Å². The number of hydrogen-bond donors (Lipinski definition) is 0. The Morgan fingerprint density at radius 1 is 0.611 bits per heavy atom. The van der Waals surface area contributed by atoms with Crippen molar-refractivity contribution in [2.75, 3.05) is 0 Å². The SMILES string of the molecule is CC(C)(C)c1ccccc1I(OS(=O)(=O)c1c(F)c(F)c(F)c(F)c1F)c1ccccc1C(C)(C)C. The van der Waals surface area contributed by atoms with Crippen LogP contribution in [-0.2, 0) is 23.5 Å². The first kappa shape index (κ1) is 28.5. The maximum atomic E-state index is 14.5. The Labute approximate surface area is 215 Å². The van der Waals surface area contributed by atoms with Crippen LogP contribution in [-0.4, -0.2) is 8.42 Å². The van der Waals surface area contributed by atoms with E-state index in [-0.39, 0.29) is 0 Å². The van der Waals surface area contributed by atoms with E-state index in [2.05, 4.69) is 0 Å². The fourth-order valence-electron chi connectivity index (χ4n) is 3.53. The summed E-state index contributed by atoms with van der Waals surface area (Å²) in [5.74, 6) is -12.1. The van der Waals surface area contributed by atoms with Crippen LogP contribution in [0.5, 0.6) is 0 Å². The van der Waals surface area contributed by atoms with Gasteiger partial charge < -0.3 is 0 Å². The van der Waals surface area contributed by atoms with Crippen molar-refractivity contribution in [3.63, 3.8) is 0 Å². The van der Waals surface area contributed by atoms with Crippen LogP contribution in [0.4, 0.5) is 22.0 Å². The summed E-state index contributed by atoms with van der Waals surface area (Å²) in [5, 5.41) is 0. The predicted octanol–water partition coefficient (Wildman–Crippen LogP) is 7.84. The molecule has 3 nitrogen and oxygen atoms in total. The number of benzene rings is 3. The van der Waals surface area contributed by atoms with Gasteiger partial charge in [0.15, 0.2) is 0 Å². The monoisotopic (exact) mass is 640 g/mol. The van der Waals surface area contributed by atoms with Crippen molar-refractivity contribution in [2.45, 2.75) is 57.3 Å². The number of hydrogen-bond acceptors (Lipinski definition) is 3. The second-order valence-corrected chi connectivity index (χ2v) is 16.4. The van der Waals surface area contributed by atoms with Crippen LogP contribution in [0.2, 0.25) is 0 Å². The summed E-state index contributed by atoms with van der Waals surface area (Å²) < 4.78 is 104. The molecule has 0 fully saturated rings. The molecule has 0 spiro atoms. The van der Waals surface area contributed by atoms with Gasteiger partial charge in [-0.2, -0.15) is 0 Å². The van der Waals surface area contributed by atoms with Gasteiger partial charge in [-0.1, -0.05) is 0 Å². The Hall–Kier alpha value is -2.05. The van der Waals surface area contributed by atoms with E-state index in [0.29, 0.717) is 7.14 Å². The first-order chi connectivity index (χ1) is 16.5. The summed E-state index contributed by atoms with van der Waals surface area (Å²) in [6.07, 6.45) is 0. The van der Waals surface area contributed by atoms with Crippen LogP contribution in [0, 0.1) is 36.2 Å². The van der Waals surface area contributed by atoms with E-state index >= 15 is 0 Å². The molecule has 0 unspecified atom stereocenters. The molecule has 3 rings (SSSR count). The van der Waals surface area contributed by atoms with Crippen LogP contribution < -0.4 is 0 Å². The molecule has 0 heterocycles. The third kappa shape index (κ3) is 5.45. The summed E-state index contributed by atoms with van der Waals surface area (Å²) in [5.41, 5.74) is 0.541. The van der Waals surface area contributed by atoms with E-state index < -0.39 is 75.2 Å². The average molecular weight is 640 g/mol. The zero-order chi connectivity index (χ0) is 27.2. The summed E-state index contributed by atoms with van der Waals surface area (Å²) in [6, 6.07) is 13.9. The van der Waals surface area contributed by atoms with Gasteiger partial charge in [-0.25, -0.2) is 0 Å². The summed E-state index contributed by atoms with van der Waals surface area (Å²) in [6.45, 7) is 11.5. The van der Waals surface area contributed by atoms with Crippen molar-refractivity contribution in [2.24, 2.45) is 0 Å². The first-order valence-electron chi connectivity index (χ1n) is 10.8. The van der Waals surface area contributed by atoms with Crippen molar-refractivity contribution >= 4 is 30.4 Å². The van der Waals surface area contributed by atoms with Gasteiger partial charge in [0.1, 0.15) is 0 Å². The predicted molar refractivity (Wildman–Crippen MR) is 136 cm³/mol. The summed E-state index contributed by atoms with van der Waals surface area (Å²) >= 11 is -3.61. The Kier molecular flexibility index (Phi) is 7.93. The fraction of sp³-hybridized carbons (Fsp3) is 0.308. The van der Waals surface area contributed by atoms with E-state index in [4.69, 9.17) is 2.51 Å². The molecule has 0 saturated carbocycles. The summed E-state index contributed by atoms with van der Waals surface area (Å²) in [7, 11) is -5.43. The van der Waals surface area contributed by atoms with Crippen LogP contribution in [0.15, 0.2) is 53.4 Å². The van der Waals surface area contributed by atoms with Crippen LogP contribution in [0.1, 0.15) is 52.7 Å². The molecule has 3 aromatic rings.